The zero-order valence-electron chi connectivity index (χ0n) is 10.1. The average Bonchev–Trinajstić information content (AvgIpc) is 2.32. The molecule has 0 bridgehead atoms. The highest BCUT2D eigenvalue weighted by Gasteiger charge is 2.10. The van der Waals surface area contributed by atoms with Crippen LogP contribution in [0.4, 0.5) is 0 Å². The van der Waals surface area contributed by atoms with Crippen LogP contribution in [-0.4, -0.2) is 12.6 Å². The van der Waals surface area contributed by atoms with Gasteiger partial charge in [0.05, 0.1) is 6.61 Å². The van der Waals surface area contributed by atoms with Gasteiger partial charge in [0, 0.05) is 4.91 Å². The summed E-state index contributed by atoms with van der Waals surface area (Å²) in [6.07, 6.45) is 2.14. The Morgan fingerprint density at radius 2 is 2.06 bits per heavy atom. The number of thioether (sulfide) groups is 1. The minimum absolute atomic E-state index is 0.0474. The van der Waals surface area contributed by atoms with E-state index in [4.69, 9.17) is 15.3 Å². The first-order chi connectivity index (χ1) is 8.10. The summed E-state index contributed by atoms with van der Waals surface area (Å²) in [4.78, 5) is 12.2. The smallest absolute Gasteiger partial charge is 0.348 e. The SMILES string of the molecule is CCOC(=O)/C(C#N)=C/C(C)=C(/CC)SC#N. The molecule has 0 heterocycles. The van der Waals surface area contributed by atoms with Crippen molar-refractivity contribution < 1.29 is 9.53 Å². The fraction of sp³-hybridized carbons (Fsp3) is 0.417. The third-order valence-electron chi connectivity index (χ3n) is 1.91. The van der Waals surface area contributed by atoms with Crippen LogP contribution in [-0.2, 0) is 9.53 Å². The van der Waals surface area contributed by atoms with Gasteiger partial charge in [-0.1, -0.05) is 6.92 Å². The Hall–Kier alpha value is -1.72. The molecule has 0 unspecified atom stereocenters. The maximum Gasteiger partial charge on any atom is 0.348 e. The molecular formula is C12H14N2O2S. The zero-order chi connectivity index (χ0) is 13.3. The topological polar surface area (TPSA) is 73.9 Å². The van der Waals surface area contributed by atoms with Crippen LogP contribution in [0, 0.1) is 22.0 Å². The van der Waals surface area contributed by atoms with Crippen LogP contribution in [0.5, 0.6) is 0 Å². The summed E-state index contributed by atoms with van der Waals surface area (Å²) in [6, 6.07) is 1.80. The van der Waals surface area contributed by atoms with E-state index in [0.29, 0.717) is 6.42 Å². The molecule has 0 aliphatic rings. The quantitative estimate of drug-likeness (QED) is 0.246. The molecule has 0 atom stereocenters. The number of rotatable bonds is 5. The highest BCUT2D eigenvalue weighted by Crippen LogP contribution is 2.23. The Labute approximate surface area is 106 Å². The molecule has 0 N–H and O–H groups in total. The molecule has 0 rings (SSSR count). The van der Waals surface area contributed by atoms with Crippen molar-refractivity contribution in [2.24, 2.45) is 0 Å². The van der Waals surface area contributed by atoms with E-state index >= 15 is 0 Å². The van der Waals surface area contributed by atoms with Crippen molar-refractivity contribution in [1.29, 1.82) is 10.5 Å². The fourth-order valence-corrected chi connectivity index (χ4v) is 1.60. The molecule has 0 amide bonds. The second-order valence-corrected chi connectivity index (χ2v) is 3.92. The molecule has 0 spiro atoms. The monoisotopic (exact) mass is 250 g/mol. The van der Waals surface area contributed by atoms with Gasteiger partial charge in [0.15, 0.2) is 0 Å². The van der Waals surface area contributed by atoms with Crippen LogP contribution in [0.25, 0.3) is 0 Å². The largest absolute Gasteiger partial charge is 0.462 e. The van der Waals surface area contributed by atoms with Crippen molar-refractivity contribution in [3.8, 4) is 11.5 Å². The average molecular weight is 250 g/mol. The van der Waals surface area contributed by atoms with Gasteiger partial charge >= 0.3 is 5.97 Å². The van der Waals surface area contributed by atoms with E-state index in [1.165, 1.54) is 6.08 Å². The van der Waals surface area contributed by atoms with Gasteiger partial charge in [-0.15, -0.1) is 0 Å². The molecule has 0 saturated carbocycles. The summed E-state index contributed by atoms with van der Waals surface area (Å²) in [5.74, 6) is -0.633. The number of hydrogen-bond donors (Lipinski definition) is 0. The number of allylic oxidation sites excluding steroid dienone is 3. The minimum Gasteiger partial charge on any atom is -0.462 e. The standard InChI is InChI=1S/C12H14N2O2S/c1-4-11(17-8-14)9(3)6-10(7-13)12(15)16-5-2/h6H,4-5H2,1-3H3/b10-6+,11-9-. The van der Waals surface area contributed by atoms with Crippen molar-refractivity contribution in [2.45, 2.75) is 27.2 Å². The van der Waals surface area contributed by atoms with Crippen LogP contribution in [0.3, 0.4) is 0 Å². The van der Waals surface area contributed by atoms with Crippen LogP contribution in [0.2, 0.25) is 0 Å². The first-order valence-corrected chi connectivity index (χ1v) is 5.96. The van der Waals surface area contributed by atoms with Crippen molar-refractivity contribution >= 4 is 17.7 Å². The Morgan fingerprint density at radius 3 is 2.47 bits per heavy atom. The van der Waals surface area contributed by atoms with E-state index < -0.39 is 5.97 Å². The molecule has 5 heteroatoms. The lowest BCUT2D eigenvalue weighted by Gasteiger charge is -2.03. The number of carbonyl (C=O) groups is 1. The van der Waals surface area contributed by atoms with E-state index in [1.54, 1.807) is 19.9 Å². The number of ether oxygens (including phenoxy) is 1. The van der Waals surface area contributed by atoms with Crippen LogP contribution >= 0.6 is 11.8 Å². The van der Waals surface area contributed by atoms with Crippen LogP contribution in [0.15, 0.2) is 22.1 Å². The Bertz CT molecular complexity index is 425. The highest BCUT2D eigenvalue weighted by molar-refractivity contribution is 8.07. The summed E-state index contributed by atoms with van der Waals surface area (Å²) >= 11 is 1.04. The second kappa shape index (κ2) is 8.43. The maximum atomic E-state index is 11.4. The molecule has 0 aromatic rings. The van der Waals surface area contributed by atoms with Gasteiger partial charge in [0.1, 0.15) is 17.0 Å². The second-order valence-electron chi connectivity index (χ2n) is 3.04. The fourth-order valence-electron chi connectivity index (χ4n) is 1.13. The van der Waals surface area contributed by atoms with E-state index in [1.807, 2.05) is 12.3 Å². The van der Waals surface area contributed by atoms with Gasteiger partial charge in [-0.2, -0.15) is 10.5 Å². The summed E-state index contributed by atoms with van der Waals surface area (Å²) in [6.45, 7) is 5.58. The molecular weight excluding hydrogens is 236 g/mol. The Morgan fingerprint density at radius 1 is 1.41 bits per heavy atom. The molecule has 0 aromatic carbocycles. The molecule has 4 nitrogen and oxygen atoms in total. The third-order valence-corrected chi connectivity index (χ3v) is 2.85. The summed E-state index contributed by atoms with van der Waals surface area (Å²) < 4.78 is 4.75. The lowest BCUT2D eigenvalue weighted by Crippen LogP contribution is -2.06. The molecule has 0 saturated heterocycles. The number of esters is 1. The third kappa shape index (κ3) is 5.24. The highest BCUT2D eigenvalue weighted by atomic mass is 32.2. The summed E-state index contributed by atoms with van der Waals surface area (Å²) in [7, 11) is 0. The molecule has 90 valence electrons. The van der Waals surface area contributed by atoms with Crippen molar-refractivity contribution in [1.82, 2.24) is 0 Å². The van der Waals surface area contributed by atoms with Gasteiger partial charge in [0.25, 0.3) is 0 Å². The summed E-state index contributed by atoms with van der Waals surface area (Å²) in [5, 5.41) is 19.4. The predicted octanol–water partition coefficient (Wildman–Crippen LogP) is 2.90. The molecule has 17 heavy (non-hydrogen) atoms. The normalized spacial score (nSPS) is 12.2. The number of thiocyanates is 1. The Kier molecular flexibility index (Phi) is 7.58. The molecule has 0 aromatic heterocycles. The van der Waals surface area contributed by atoms with Gasteiger partial charge < -0.3 is 4.74 Å². The van der Waals surface area contributed by atoms with E-state index in [-0.39, 0.29) is 12.2 Å². The van der Waals surface area contributed by atoms with Gasteiger partial charge in [-0.3, -0.25) is 0 Å². The molecule has 0 aliphatic carbocycles. The van der Waals surface area contributed by atoms with Gasteiger partial charge in [0.2, 0.25) is 0 Å². The van der Waals surface area contributed by atoms with Crippen molar-refractivity contribution in [3.05, 3.63) is 22.1 Å². The number of hydrogen-bond acceptors (Lipinski definition) is 5. The Balaban J connectivity index is 5.15. The van der Waals surface area contributed by atoms with E-state index in [9.17, 15) is 4.79 Å². The first-order valence-electron chi connectivity index (χ1n) is 5.15. The molecule has 0 aliphatic heterocycles. The maximum absolute atomic E-state index is 11.4. The minimum atomic E-state index is -0.633. The van der Waals surface area contributed by atoms with E-state index in [2.05, 4.69) is 0 Å². The molecule has 0 radical (unpaired) electrons. The molecule has 0 fully saturated rings. The van der Waals surface area contributed by atoms with Gasteiger partial charge in [-0.05, 0) is 43.7 Å². The van der Waals surface area contributed by atoms with E-state index in [0.717, 1.165) is 22.2 Å². The lowest BCUT2D eigenvalue weighted by molar-refractivity contribution is -0.138. The van der Waals surface area contributed by atoms with Crippen LogP contribution in [0.1, 0.15) is 27.2 Å². The number of nitriles is 2. The first kappa shape index (κ1) is 15.3. The van der Waals surface area contributed by atoms with Crippen molar-refractivity contribution in [3.63, 3.8) is 0 Å². The zero-order valence-corrected chi connectivity index (χ0v) is 10.9. The summed E-state index contributed by atoms with van der Waals surface area (Å²) in [5.41, 5.74) is 0.692. The lowest BCUT2D eigenvalue weighted by atomic mass is 10.1. The predicted molar refractivity (Wildman–Crippen MR) is 66.5 cm³/mol. The van der Waals surface area contributed by atoms with Crippen molar-refractivity contribution in [2.75, 3.05) is 6.61 Å². The number of carbonyl (C=O) groups excluding carboxylic acids is 1. The van der Waals surface area contributed by atoms with Gasteiger partial charge in [-0.25, -0.2) is 4.79 Å². The number of nitrogens with zero attached hydrogens (tertiary/aromatic N) is 2. The van der Waals surface area contributed by atoms with Crippen LogP contribution < -0.4 is 0 Å².